The van der Waals surface area contributed by atoms with Crippen molar-refractivity contribution in [1.29, 1.82) is 0 Å². The SMILES string of the molecule is CCCCCC[N+](CCCCCC)(CCCCCC)CCCCCC.N.O. The van der Waals surface area contributed by atoms with Gasteiger partial charge in [-0.15, -0.1) is 0 Å². The van der Waals surface area contributed by atoms with E-state index >= 15 is 0 Å². The molecule has 168 valence electrons. The summed E-state index contributed by atoms with van der Waals surface area (Å²) in [6.45, 7) is 15.2. The molecule has 0 aliphatic rings. The Balaban J connectivity index is -0.00000288. The summed E-state index contributed by atoms with van der Waals surface area (Å²) in [5, 5.41) is 0. The lowest BCUT2D eigenvalue weighted by Gasteiger charge is -2.39. The number of nitrogens with zero attached hydrogens (tertiary/aromatic N) is 1. The topological polar surface area (TPSA) is 66.5 Å². The normalized spacial score (nSPS) is 11.1. The van der Waals surface area contributed by atoms with Crippen LogP contribution in [-0.4, -0.2) is 36.1 Å². The van der Waals surface area contributed by atoms with E-state index in [0.29, 0.717) is 0 Å². The minimum absolute atomic E-state index is 0. The largest absolute Gasteiger partial charge is 0.412 e. The fourth-order valence-corrected chi connectivity index (χ4v) is 4.17. The minimum atomic E-state index is 0. The molecule has 3 heteroatoms. The summed E-state index contributed by atoms with van der Waals surface area (Å²) in [4.78, 5) is 0. The standard InChI is InChI=1S/C24H52N.H3N.H2O/c1-5-9-13-17-21-25(22-18-14-10-6-2,23-19-15-11-7-3)24-20-16-12-8-4;;/h5-24H2,1-4H3;1H3;1H2/q+1;;. The highest BCUT2D eigenvalue weighted by atomic mass is 16.0. The maximum atomic E-state index is 2.34. The number of hydrogen-bond donors (Lipinski definition) is 1. The Morgan fingerprint density at radius 3 is 0.778 bits per heavy atom. The van der Waals surface area contributed by atoms with E-state index in [0.717, 1.165) is 0 Å². The van der Waals surface area contributed by atoms with Crippen molar-refractivity contribution < 1.29 is 9.96 Å². The molecule has 27 heavy (non-hydrogen) atoms. The molecule has 0 amide bonds. The summed E-state index contributed by atoms with van der Waals surface area (Å²) in [6.07, 6.45) is 22.8. The first-order valence-corrected chi connectivity index (χ1v) is 12.1. The molecule has 0 aromatic carbocycles. The summed E-state index contributed by atoms with van der Waals surface area (Å²) in [5.74, 6) is 0. The van der Waals surface area contributed by atoms with Gasteiger partial charge in [-0.3, -0.25) is 0 Å². The molecule has 0 rings (SSSR count). The van der Waals surface area contributed by atoms with E-state index in [1.807, 2.05) is 0 Å². The molecule has 0 atom stereocenters. The van der Waals surface area contributed by atoms with Crippen LogP contribution < -0.4 is 6.15 Å². The van der Waals surface area contributed by atoms with Crippen LogP contribution in [-0.2, 0) is 0 Å². The number of rotatable bonds is 20. The smallest absolute Gasteiger partial charge is 0.0786 e. The molecule has 0 heterocycles. The second-order valence-corrected chi connectivity index (χ2v) is 8.48. The molecule has 0 radical (unpaired) electrons. The summed E-state index contributed by atoms with van der Waals surface area (Å²) in [7, 11) is 0. The number of hydrogen-bond acceptors (Lipinski definition) is 1. The van der Waals surface area contributed by atoms with Crippen LogP contribution in [0.4, 0.5) is 0 Å². The summed E-state index contributed by atoms with van der Waals surface area (Å²) in [5.41, 5.74) is 0. The third-order valence-electron chi connectivity index (χ3n) is 5.94. The molecule has 3 nitrogen and oxygen atoms in total. The highest BCUT2D eigenvalue weighted by molar-refractivity contribution is 4.53. The second kappa shape index (κ2) is 23.9. The van der Waals surface area contributed by atoms with Crippen molar-refractivity contribution in [3.8, 4) is 0 Å². The average Bonchev–Trinajstić information content (AvgIpc) is 2.63. The molecule has 0 fully saturated rings. The summed E-state index contributed by atoms with van der Waals surface area (Å²) < 4.78 is 1.46. The zero-order chi connectivity index (χ0) is 18.6. The maximum absolute atomic E-state index is 2.34. The first kappa shape index (κ1) is 31.6. The van der Waals surface area contributed by atoms with E-state index in [1.54, 1.807) is 0 Å². The van der Waals surface area contributed by atoms with Crippen LogP contribution in [0.25, 0.3) is 0 Å². The van der Waals surface area contributed by atoms with Gasteiger partial charge >= 0.3 is 0 Å². The highest BCUT2D eigenvalue weighted by Gasteiger charge is 2.25. The predicted molar refractivity (Wildman–Crippen MR) is 125 cm³/mol. The molecular formula is C24H57N2O+. The van der Waals surface area contributed by atoms with Crippen LogP contribution in [0.5, 0.6) is 0 Å². The van der Waals surface area contributed by atoms with Crippen LogP contribution in [0.2, 0.25) is 0 Å². The van der Waals surface area contributed by atoms with E-state index in [1.165, 1.54) is 133 Å². The molecule has 0 aromatic rings. The molecule has 5 N–H and O–H groups in total. The third kappa shape index (κ3) is 19.0. The van der Waals surface area contributed by atoms with Crippen LogP contribution in [0.15, 0.2) is 0 Å². The summed E-state index contributed by atoms with van der Waals surface area (Å²) in [6, 6.07) is 0. The van der Waals surface area contributed by atoms with Crippen molar-refractivity contribution >= 4 is 0 Å². The summed E-state index contributed by atoms with van der Waals surface area (Å²) >= 11 is 0. The van der Waals surface area contributed by atoms with Crippen LogP contribution >= 0.6 is 0 Å². The fraction of sp³-hybridized carbons (Fsp3) is 1.00. The average molecular weight is 390 g/mol. The zero-order valence-corrected chi connectivity index (χ0v) is 19.8. The zero-order valence-electron chi connectivity index (χ0n) is 19.8. The van der Waals surface area contributed by atoms with Crippen molar-refractivity contribution in [1.82, 2.24) is 6.15 Å². The molecule has 0 saturated heterocycles. The monoisotopic (exact) mass is 389 g/mol. The van der Waals surface area contributed by atoms with Crippen molar-refractivity contribution in [2.24, 2.45) is 0 Å². The second-order valence-electron chi connectivity index (χ2n) is 8.48. The van der Waals surface area contributed by atoms with Gasteiger partial charge in [0.15, 0.2) is 0 Å². The predicted octanol–water partition coefficient (Wildman–Crippen LogP) is 7.46. The quantitative estimate of drug-likeness (QED) is 0.170. The first-order chi connectivity index (χ1) is 12.2. The van der Waals surface area contributed by atoms with Gasteiger partial charge in [-0.25, -0.2) is 0 Å². The highest BCUT2D eigenvalue weighted by Crippen LogP contribution is 2.19. The van der Waals surface area contributed by atoms with Gasteiger partial charge in [-0.1, -0.05) is 79.1 Å². The Bertz CT molecular complexity index is 205. The molecule has 0 aliphatic carbocycles. The van der Waals surface area contributed by atoms with Crippen LogP contribution in [0, 0.1) is 0 Å². The molecule has 0 saturated carbocycles. The molecule has 0 aliphatic heterocycles. The fourth-order valence-electron chi connectivity index (χ4n) is 4.17. The van der Waals surface area contributed by atoms with E-state index in [9.17, 15) is 0 Å². The molecule has 0 aromatic heterocycles. The Morgan fingerprint density at radius 1 is 0.370 bits per heavy atom. The Morgan fingerprint density at radius 2 is 0.593 bits per heavy atom. The van der Waals surface area contributed by atoms with E-state index in [4.69, 9.17) is 0 Å². The van der Waals surface area contributed by atoms with E-state index in [2.05, 4.69) is 27.7 Å². The van der Waals surface area contributed by atoms with Gasteiger partial charge in [0.05, 0.1) is 26.2 Å². The van der Waals surface area contributed by atoms with Gasteiger partial charge < -0.3 is 16.1 Å². The molecule has 0 unspecified atom stereocenters. The van der Waals surface area contributed by atoms with Crippen molar-refractivity contribution in [2.75, 3.05) is 26.2 Å². The Kier molecular flexibility index (Phi) is 28.0. The van der Waals surface area contributed by atoms with Crippen LogP contribution in [0.3, 0.4) is 0 Å². The molecular weight excluding hydrogens is 332 g/mol. The lowest BCUT2D eigenvalue weighted by Crippen LogP contribution is -2.50. The Hall–Kier alpha value is -0.120. The number of quaternary nitrogens is 1. The third-order valence-corrected chi connectivity index (χ3v) is 5.94. The maximum Gasteiger partial charge on any atom is 0.0786 e. The van der Waals surface area contributed by atoms with Gasteiger partial charge in [0.2, 0.25) is 0 Å². The molecule has 0 bridgehead atoms. The minimum Gasteiger partial charge on any atom is -0.412 e. The van der Waals surface area contributed by atoms with E-state index < -0.39 is 0 Å². The van der Waals surface area contributed by atoms with Gasteiger partial charge in [0.1, 0.15) is 0 Å². The number of unbranched alkanes of at least 4 members (excludes halogenated alkanes) is 12. The van der Waals surface area contributed by atoms with Crippen LogP contribution in [0.1, 0.15) is 130 Å². The lowest BCUT2D eigenvalue weighted by molar-refractivity contribution is -0.929. The van der Waals surface area contributed by atoms with E-state index in [-0.39, 0.29) is 11.6 Å². The van der Waals surface area contributed by atoms with Gasteiger partial charge in [0.25, 0.3) is 0 Å². The van der Waals surface area contributed by atoms with Gasteiger partial charge in [0, 0.05) is 0 Å². The van der Waals surface area contributed by atoms with Crippen molar-refractivity contribution in [3.05, 3.63) is 0 Å². The molecule has 0 spiro atoms. The van der Waals surface area contributed by atoms with Crippen molar-refractivity contribution in [3.63, 3.8) is 0 Å². The van der Waals surface area contributed by atoms with Gasteiger partial charge in [-0.2, -0.15) is 0 Å². The lowest BCUT2D eigenvalue weighted by atomic mass is 10.1. The Labute approximate surface area is 173 Å². The van der Waals surface area contributed by atoms with Crippen molar-refractivity contribution in [2.45, 2.75) is 130 Å². The van der Waals surface area contributed by atoms with Gasteiger partial charge in [-0.05, 0) is 51.4 Å². The first-order valence-electron chi connectivity index (χ1n) is 12.1.